The first kappa shape index (κ1) is 23.4. The first-order valence-corrected chi connectivity index (χ1v) is 11.0. The van der Waals surface area contributed by atoms with Crippen LogP contribution in [0.5, 0.6) is 0 Å². The molecule has 0 bridgehead atoms. The molecule has 12 heteroatoms. The van der Waals surface area contributed by atoms with Crippen molar-refractivity contribution in [2.24, 2.45) is 0 Å². The van der Waals surface area contributed by atoms with Gasteiger partial charge in [0.2, 0.25) is 0 Å². The second-order valence-corrected chi connectivity index (χ2v) is 9.09. The van der Waals surface area contributed by atoms with Gasteiger partial charge < -0.3 is 20.1 Å². The third kappa shape index (κ3) is 4.62. The summed E-state index contributed by atoms with van der Waals surface area (Å²) in [6.07, 6.45) is -2.21. The van der Waals surface area contributed by atoms with Crippen LogP contribution in [0, 0.1) is 11.6 Å². The van der Waals surface area contributed by atoms with Crippen molar-refractivity contribution in [3.05, 3.63) is 64.3 Å². The molecular weight excluding hydrogens is 487 g/mol. The predicted molar refractivity (Wildman–Crippen MR) is 114 cm³/mol. The maximum atomic E-state index is 13.6. The molecule has 0 aliphatic carbocycles. The van der Waals surface area contributed by atoms with E-state index in [9.17, 15) is 24.1 Å². The van der Waals surface area contributed by atoms with Crippen LogP contribution in [-0.4, -0.2) is 60.7 Å². The van der Waals surface area contributed by atoms with Gasteiger partial charge in [0.15, 0.2) is 11.6 Å². The fourth-order valence-corrected chi connectivity index (χ4v) is 4.83. The zero-order valence-electron chi connectivity index (χ0n) is 16.1. The highest BCUT2D eigenvalue weighted by Crippen LogP contribution is 2.39. The number of rotatable bonds is 5. The number of ether oxygens (including phenoxy) is 1. The van der Waals surface area contributed by atoms with Crippen LogP contribution >= 0.6 is 35.0 Å². The number of nitrogens with zero attached hydrogens (tertiary/aromatic N) is 3. The average Bonchev–Trinajstić information content (AvgIpc) is 3.24. The van der Waals surface area contributed by atoms with Crippen molar-refractivity contribution in [1.82, 2.24) is 15.0 Å². The summed E-state index contributed by atoms with van der Waals surface area (Å²) in [5.74, 6) is -2.04. The Kier molecular flexibility index (Phi) is 7.01. The summed E-state index contributed by atoms with van der Waals surface area (Å²) < 4.78 is 33.7. The summed E-state index contributed by atoms with van der Waals surface area (Å²) in [5.41, 5.74) is -0.413. The van der Waals surface area contributed by atoms with Crippen LogP contribution in [-0.2, 0) is 4.74 Å². The summed E-state index contributed by atoms with van der Waals surface area (Å²) in [6, 6.07) is 7.14. The second kappa shape index (κ2) is 9.60. The van der Waals surface area contributed by atoms with Gasteiger partial charge in [0.05, 0.1) is 22.8 Å². The molecule has 3 aromatic rings. The molecule has 1 fully saturated rings. The Morgan fingerprint density at radius 1 is 1.03 bits per heavy atom. The van der Waals surface area contributed by atoms with Crippen molar-refractivity contribution in [3.8, 4) is 11.3 Å². The Morgan fingerprint density at radius 3 is 2.50 bits per heavy atom. The molecule has 0 saturated carbocycles. The fraction of sp³-hybridized carbons (Fsp3) is 0.300. The minimum Gasteiger partial charge on any atom is -0.394 e. The molecule has 1 aliphatic rings. The lowest BCUT2D eigenvalue weighted by Gasteiger charge is -2.41. The minimum absolute atomic E-state index is 0.212. The Labute approximate surface area is 195 Å². The van der Waals surface area contributed by atoms with Crippen LogP contribution in [0.1, 0.15) is 6.04 Å². The molecule has 1 aromatic heterocycles. The van der Waals surface area contributed by atoms with Crippen LogP contribution < -0.4 is 0 Å². The third-order valence-electron chi connectivity index (χ3n) is 5.02. The molecule has 4 rings (SSSR count). The zero-order chi connectivity index (χ0) is 23.0. The van der Waals surface area contributed by atoms with Crippen LogP contribution in [0.15, 0.2) is 47.5 Å². The lowest BCUT2D eigenvalue weighted by molar-refractivity contribution is -0.178. The molecular formula is C20H17Cl2F2N3O4S. The highest BCUT2D eigenvalue weighted by Gasteiger charge is 2.46. The maximum absolute atomic E-state index is 13.6. The van der Waals surface area contributed by atoms with Gasteiger partial charge in [-0.3, -0.25) is 0 Å². The molecule has 0 radical (unpaired) electrons. The summed E-state index contributed by atoms with van der Waals surface area (Å²) >= 11 is 13.1. The molecule has 3 N–H and O–H groups in total. The van der Waals surface area contributed by atoms with Gasteiger partial charge in [-0.2, -0.15) is 0 Å². The minimum atomic E-state index is -1.32. The van der Waals surface area contributed by atoms with E-state index in [0.29, 0.717) is 14.9 Å². The average molecular weight is 504 g/mol. The van der Waals surface area contributed by atoms with Gasteiger partial charge in [0.25, 0.3) is 0 Å². The Morgan fingerprint density at radius 2 is 1.81 bits per heavy atom. The van der Waals surface area contributed by atoms with Gasteiger partial charge in [0.1, 0.15) is 35.5 Å². The van der Waals surface area contributed by atoms with E-state index < -0.39 is 48.0 Å². The van der Waals surface area contributed by atoms with Crippen LogP contribution in [0.25, 0.3) is 11.3 Å². The van der Waals surface area contributed by atoms with Crippen molar-refractivity contribution in [3.63, 3.8) is 0 Å². The Balaban J connectivity index is 1.62. The molecule has 5 atom stereocenters. The van der Waals surface area contributed by atoms with Gasteiger partial charge in [-0.1, -0.05) is 40.2 Å². The van der Waals surface area contributed by atoms with Gasteiger partial charge >= 0.3 is 0 Å². The van der Waals surface area contributed by atoms with Crippen molar-refractivity contribution >= 4 is 35.0 Å². The first-order chi connectivity index (χ1) is 15.3. The zero-order valence-corrected chi connectivity index (χ0v) is 18.5. The summed E-state index contributed by atoms with van der Waals surface area (Å²) in [7, 11) is 0. The van der Waals surface area contributed by atoms with Crippen molar-refractivity contribution in [1.29, 1.82) is 0 Å². The van der Waals surface area contributed by atoms with Crippen LogP contribution in [0.3, 0.4) is 0 Å². The van der Waals surface area contributed by atoms with Gasteiger partial charge in [-0.15, -0.1) is 5.10 Å². The highest BCUT2D eigenvalue weighted by molar-refractivity contribution is 7.99. The SMILES string of the molecule is OCC1O[C@H](Sc2ccc(Cl)c(Cl)c2)C(O)C(n2cc(-c3ccc(F)c(F)c3)nn2)[C@H]1O. The number of aliphatic hydroxyl groups excluding tert-OH is 3. The van der Waals surface area contributed by atoms with Gasteiger partial charge in [-0.05, 0) is 36.4 Å². The molecule has 0 amide bonds. The largest absolute Gasteiger partial charge is 0.394 e. The van der Waals surface area contributed by atoms with Gasteiger partial charge in [-0.25, -0.2) is 13.5 Å². The third-order valence-corrected chi connectivity index (χ3v) is 6.91. The Bertz CT molecular complexity index is 1120. The van der Waals surface area contributed by atoms with Crippen molar-refractivity contribution < 1.29 is 28.8 Å². The van der Waals surface area contributed by atoms with E-state index in [-0.39, 0.29) is 11.3 Å². The number of hydrogen-bond acceptors (Lipinski definition) is 7. The quantitative estimate of drug-likeness (QED) is 0.490. The van der Waals surface area contributed by atoms with E-state index in [1.165, 1.54) is 16.9 Å². The van der Waals surface area contributed by atoms with E-state index in [1.54, 1.807) is 18.2 Å². The number of halogens is 4. The lowest BCUT2D eigenvalue weighted by atomic mass is 9.97. The molecule has 1 aliphatic heterocycles. The monoisotopic (exact) mass is 503 g/mol. The first-order valence-electron chi connectivity index (χ1n) is 9.40. The number of hydrogen-bond donors (Lipinski definition) is 3. The van der Waals surface area contributed by atoms with E-state index in [2.05, 4.69) is 10.3 Å². The highest BCUT2D eigenvalue weighted by atomic mass is 35.5. The predicted octanol–water partition coefficient (Wildman–Crippen LogP) is 3.30. The smallest absolute Gasteiger partial charge is 0.159 e. The number of benzene rings is 2. The van der Waals surface area contributed by atoms with Crippen molar-refractivity contribution in [2.75, 3.05) is 6.61 Å². The second-order valence-electron chi connectivity index (χ2n) is 7.10. The van der Waals surface area contributed by atoms with E-state index in [4.69, 9.17) is 27.9 Å². The fourth-order valence-electron chi connectivity index (χ4n) is 3.37. The number of thioether (sulfide) groups is 1. The molecule has 0 spiro atoms. The van der Waals surface area contributed by atoms with Crippen LogP contribution in [0.2, 0.25) is 10.0 Å². The molecule has 32 heavy (non-hydrogen) atoms. The number of aliphatic hydroxyl groups is 3. The van der Waals surface area contributed by atoms with E-state index in [1.807, 2.05) is 0 Å². The van der Waals surface area contributed by atoms with E-state index in [0.717, 1.165) is 23.9 Å². The molecule has 7 nitrogen and oxygen atoms in total. The van der Waals surface area contributed by atoms with E-state index >= 15 is 0 Å². The molecule has 1 saturated heterocycles. The molecule has 2 aromatic carbocycles. The summed E-state index contributed by atoms with van der Waals surface area (Å²) in [6.45, 7) is -0.506. The molecule has 3 unspecified atom stereocenters. The summed E-state index contributed by atoms with van der Waals surface area (Å²) in [5, 5.41) is 39.9. The van der Waals surface area contributed by atoms with Crippen molar-refractivity contribution in [2.45, 2.75) is 34.7 Å². The van der Waals surface area contributed by atoms with Crippen LogP contribution in [0.4, 0.5) is 8.78 Å². The Hall–Kier alpha value is -1.79. The normalized spacial score (nSPS) is 25.8. The summed E-state index contributed by atoms with van der Waals surface area (Å²) in [4.78, 5) is 0.649. The topological polar surface area (TPSA) is 101 Å². The molecule has 2 heterocycles. The number of aromatic nitrogens is 3. The maximum Gasteiger partial charge on any atom is 0.159 e. The van der Waals surface area contributed by atoms with Gasteiger partial charge in [0, 0.05) is 10.5 Å². The molecule has 170 valence electrons. The lowest BCUT2D eigenvalue weighted by Crippen LogP contribution is -2.55. The standard InChI is InChI=1S/C20H17Cl2F2N3O4S/c21-11-3-2-10(6-12(11)22)32-20-19(30)17(18(29)16(8-28)31-20)27-7-15(25-26-27)9-1-4-13(23)14(24)5-9/h1-7,16-20,28-30H,8H2/t16?,17?,18-,19?,20+/m0/s1.